The molecule has 0 unspecified atom stereocenters. The van der Waals surface area contributed by atoms with E-state index in [1.54, 1.807) is 4.90 Å². The summed E-state index contributed by atoms with van der Waals surface area (Å²) >= 11 is 0. The number of carbonyl (C=O) groups is 1. The van der Waals surface area contributed by atoms with Crippen LogP contribution in [0.1, 0.15) is 50.2 Å². The van der Waals surface area contributed by atoms with E-state index in [4.69, 9.17) is 0 Å². The van der Waals surface area contributed by atoms with Gasteiger partial charge in [-0.25, -0.2) is 0 Å². The fourth-order valence-corrected chi connectivity index (χ4v) is 4.56. The van der Waals surface area contributed by atoms with Gasteiger partial charge in [-0.15, -0.1) is 0 Å². The summed E-state index contributed by atoms with van der Waals surface area (Å²) in [5.74, 6) is 0.0517. The number of nitrogens with one attached hydrogen (secondary N) is 3. The highest BCUT2D eigenvalue weighted by Gasteiger charge is 2.38. The first kappa shape index (κ1) is 19.9. The van der Waals surface area contributed by atoms with Crippen molar-refractivity contribution in [3.05, 3.63) is 35.4 Å². The summed E-state index contributed by atoms with van der Waals surface area (Å²) in [7, 11) is 0. The van der Waals surface area contributed by atoms with Crippen molar-refractivity contribution >= 4 is 5.91 Å². The van der Waals surface area contributed by atoms with E-state index < -0.39 is 5.54 Å². The van der Waals surface area contributed by atoms with Gasteiger partial charge in [0.15, 0.2) is 6.04 Å². The predicted octanol–water partition coefficient (Wildman–Crippen LogP) is 0.00960. The molecule has 5 heteroatoms. The van der Waals surface area contributed by atoms with E-state index in [-0.39, 0.29) is 11.9 Å². The first-order valence-corrected chi connectivity index (χ1v) is 10.5. The van der Waals surface area contributed by atoms with Crippen molar-refractivity contribution in [2.24, 2.45) is 0 Å². The van der Waals surface area contributed by atoms with Crippen molar-refractivity contribution < 1.29 is 14.6 Å². The molecule has 1 saturated carbocycles. The Kier molecular flexibility index (Phi) is 6.51. The highest BCUT2D eigenvalue weighted by molar-refractivity contribution is 5.81. The molecule has 5 nitrogen and oxygen atoms in total. The number of amides is 1. The monoisotopic (exact) mass is 370 g/mol. The molecule has 3 rings (SSSR count). The van der Waals surface area contributed by atoms with E-state index in [0.717, 1.165) is 58.4 Å². The van der Waals surface area contributed by atoms with Crippen LogP contribution >= 0.6 is 0 Å². The fraction of sp³-hybridized carbons (Fsp3) is 0.636. The molecular formula is C22H34N4O+2. The molecule has 1 amide bonds. The molecule has 3 N–H and O–H groups in total. The standard InChI is InChI=1S/C22H32N4O/c1-18-8-4-5-9-20(18)16-25-12-14-26(15-13-25)19(2)21(27)24-22(17-23)10-6-3-7-11-22/h4-5,8-9,19H,3,6-7,10-16H2,1-2H3,(H,24,27)/p+2/t19-/m0/s1. The van der Waals surface area contributed by atoms with Gasteiger partial charge in [0.1, 0.15) is 38.3 Å². The third kappa shape index (κ3) is 4.88. The van der Waals surface area contributed by atoms with Crippen molar-refractivity contribution in [3.8, 4) is 6.07 Å². The molecule has 0 aromatic heterocycles. The van der Waals surface area contributed by atoms with Crippen LogP contribution in [-0.4, -0.2) is 43.7 Å². The van der Waals surface area contributed by atoms with Crippen LogP contribution in [0.4, 0.5) is 0 Å². The summed E-state index contributed by atoms with van der Waals surface area (Å²) < 4.78 is 0. The average Bonchev–Trinajstić information content (AvgIpc) is 2.70. The number of aryl methyl sites for hydroxylation is 1. The van der Waals surface area contributed by atoms with Crippen LogP contribution in [-0.2, 0) is 11.3 Å². The number of quaternary nitrogens is 2. The SMILES string of the molecule is Cc1ccccc1C[NH+]1CC[NH+]([C@@H](C)C(=O)NC2(C#N)CCCCC2)CC1. The van der Waals surface area contributed by atoms with E-state index in [1.807, 2.05) is 6.92 Å². The van der Waals surface area contributed by atoms with Crippen molar-refractivity contribution in [1.29, 1.82) is 5.26 Å². The first-order valence-electron chi connectivity index (χ1n) is 10.5. The zero-order chi connectivity index (χ0) is 19.3. The second-order valence-electron chi connectivity index (χ2n) is 8.48. The second-order valence-corrected chi connectivity index (χ2v) is 8.48. The van der Waals surface area contributed by atoms with Gasteiger partial charge in [-0.05, 0) is 32.3 Å². The van der Waals surface area contributed by atoms with Crippen molar-refractivity contribution in [2.45, 2.75) is 64.1 Å². The number of piperazine rings is 1. The maximum Gasteiger partial charge on any atom is 0.279 e. The average molecular weight is 371 g/mol. The lowest BCUT2D eigenvalue weighted by atomic mass is 9.82. The molecule has 1 heterocycles. The molecule has 146 valence electrons. The molecule has 1 aliphatic carbocycles. The molecule has 1 atom stereocenters. The Morgan fingerprint density at radius 3 is 2.48 bits per heavy atom. The maximum atomic E-state index is 12.8. The van der Waals surface area contributed by atoms with E-state index >= 15 is 0 Å². The summed E-state index contributed by atoms with van der Waals surface area (Å²) in [5, 5.41) is 12.7. The molecule has 1 aromatic carbocycles. The van der Waals surface area contributed by atoms with E-state index in [9.17, 15) is 10.1 Å². The number of hydrogen-bond donors (Lipinski definition) is 3. The van der Waals surface area contributed by atoms with E-state index in [1.165, 1.54) is 22.4 Å². The highest BCUT2D eigenvalue weighted by Crippen LogP contribution is 2.27. The molecule has 0 bridgehead atoms. The minimum Gasteiger partial charge on any atom is -0.333 e. The number of nitrogens with zero attached hydrogens (tertiary/aromatic N) is 1. The Labute approximate surface area is 163 Å². The molecule has 1 aliphatic heterocycles. The Hall–Kier alpha value is -1.90. The zero-order valence-corrected chi connectivity index (χ0v) is 16.8. The fourth-order valence-electron chi connectivity index (χ4n) is 4.56. The molecule has 2 fully saturated rings. The van der Waals surface area contributed by atoms with E-state index in [2.05, 4.69) is 42.6 Å². The molecular weight excluding hydrogens is 336 g/mol. The number of nitriles is 1. The maximum absolute atomic E-state index is 12.8. The molecule has 1 saturated heterocycles. The quantitative estimate of drug-likeness (QED) is 0.684. The van der Waals surface area contributed by atoms with Crippen LogP contribution < -0.4 is 15.1 Å². The Morgan fingerprint density at radius 1 is 1.19 bits per heavy atom. The minimum absolute atomic E-state index is 0.0517. The predicted molar refractivity (Wildman–Crippen MR) is 105 cm³/mol. The molecule has 0 radical (unpaired) electrons. The largest absolute Gasteiger partial charge is 0.333 e. The van der Waals surface area contributed by atoms with Crippen molar-refractivity contribution in [2.75, 3.05) is 26.2 Å². The second kappa shape index (κ2) is 8.86. The summed E-state index contributed by atoms with van der Waals surface area (Å²) in [6.07, 6.45) is 4.84. The lowest BCUT2D eigenvalue weighted by Gasteiger charge is -2.36. The summed E-state index contributed by atoms with van der Waals surface area (Å²) in [4.78, 5) is 15.8. The van der Waals surface area contributed by atoms with Gasteiger partial charge >= 0.3 is 0 Å². The third-order valence-electron chi connectivity index (χ3n) is 6.59. The van der Waals surface area contributed by atoms with Gasteiger partial charge in [0.25, 0.3) is 5.91 Å². The Bertz CT molecular complexity index is 682. The van der Waals surface area contributed by atoms with Crippen LogP contribution in [0, 0.1) is 18.3 Å². The smallest absolute Gasteiger partial charge is 0.279 e. The van der Waals surface area contributed by atoms with E-state index in [0.29, 0.717) is 0 Å². The van der Waals surface area contributed by atoms with Gasteiger partial charge in [-0.3, -0.25) is 4.79 Å². The molecule has 0 spiro atoms. The minimum atomic E-state index is -0.624. The topological polar surface area (TPSA) is 61.8 Å². The van der Waals surface area contributed by atoms with Crippen LogP contribution in [0.2, 0.25) is 0 Å². The van der Waals surface area contributed by atoms with Crippen LogP contribution in [0.15, 0.2) is 24.3 Å². The van der Waals surface area contributed by atoms with Crippen LogP contribution in [0.3, 0.4) is 0 Å². The lowest BCUT2D eigenvalue weighted by Crippen LogP contribution is -3.29. The van der Waals surface area contributed by atoms with Gasteiger partial charge in [0.05, 0.1) is 6.07 Å². The highest BCUT2D eigenvalue weighted by atomic mass is 16.2. The molecule has 27 heavy (non-hydrogen) atoms. The number of benzene rings is 1. The Morgan fingerprint density at radius 2 is 1.85 bits per heavy atom. The summed E-state index contributed by atoms with van der Waals surface area (Å²) in [6, 6.07) is 10.9. The zero-order valence-electron chi connectivity index (χ0n) is 16.8. The molecule has 1 aromatic rings. The number of carbonyl (C=O) groups excluding carboxylic acids is 1. The first-order chi connectivity index (χ1) is 13.0. The van der Waals surface area contributed by atoms with Gasteiger partial charge < -0.3 is 15.1 Å². The number of rotatable bonds is 5. The van der Waals surface area contributed by atoms with Gasteiger partial charge in [-0.2, -0.15) is 5.26 Å². The number of hydrogen-bond acceptors (Lipinski definition) is 2. The summed E-state index contributed by atoms with van der Waals surface area (Å²) in [6.45, 7) is 9.46. The molecule has 2 aliphatic rings. The summed E-state index contributed by atoms with van der Waals surface area (Å²) in [5.41, 5.74) is 2.16. The van der Waals surface area contributed by atoms with Gasteiger partial charge in [0.2, 0.25) is 0 Å². The van der Waals surface area contributed by atoms with Crippen LogP contribution in [0.5, 0.6) is 0 Å². The Balaban J connectivity index is 1.50. The van der Waals surface area contributed by atoms with Gasteiger partial charge in [0, 0.05) is 5.56 Å². The van der Waals surface area contributed by atoms with Crippen molar-refractivity contribution in [1.82, 2.24) is 5.32 Å². The third-order valence-corrected chi connectivity index (χ3v) is 6.59. The van der Waals surface area contributed by atoms with Crippen molar-refractivity contribution in [3.63, 3.8) is 0 Å². The lowest BCUT2D eigenvalue weighted by molar-refractivity contribution is -1.02. The van der Waals surface area contributed by atoms with Gasteiger partial charge in [-0.1, -0.05) is 43.5 Å². The van der Waals surface area contributed by atoms with Crippen LogP contribution in [0.25, 0.3) is 0 Å². The normalized spacial score (nSPS) is 26.0.